The second-order valence-corrected chi connectivity index (χ2v) is 8.47. The summed E-state index contributed by atoms with van der Waals surface area (Å²) < 4.78 is 12.3. The maximum absolute atomic E-state index is 13.4. The van der Waals surface area contributed by atoms with Crippen LogP contribution in [0.5, 0.6) is 11.5 Å². The number of methoxy groups -OCH3 is 2. The van der Waals surface area contributed by atoms with Gasteiger partial charge in [0.15, 0.2) is 0 Å². The van der Waals surface area contributed by atoms with Gasteiger partial charge in [-0.05, 0) is 41.5 Å². The quantitative estimate of drug-likeness (QED) is 0.239. The summed E-state index contributed by atoms with van der Waals surface area (Å²) in [5.74, 6) is 1.45. The van der Waals surface area contributed by atoms with E-state index < -0.39 is 0 Å². The number of fused-ring (bicyclic) bond motifs is 1. The number of hydrogen-bond donors (Lipinski definition) is 1. The van der Waals surface area contributed by atoms with Gasteiger partial charge in [-0.25, -0.2) is 4.52 Å². The summed E-state index contributed by atoms with van der Waals surface area (Å²) in [6, 6.07) is 24.8. The predicted molar refractivity (Wildman–Crippen MR) is 139 cm³/mol. The van der Waals surface area contributed by atoms with E-state index in [1.54, 1.807) is 18.7 Å². The van der Waals surface area contributed by atoms with Gasteiger partial charge in [-0.15, -0.1) is 16.4 Å². The lowest BCUT2D eigenvalue weighted by atomic mass is 10.0. The van der Waals surface area contributed by atoms with E-state index in [9.17, 15) is 4.79 Å². The van der Waals surface area contributed by atoms with Gasteiger partial charge in [0.2, 0.25) is 4.96 Å². The summed E-state index contributed by atoms with van der Waals surface area (Å²) >= 11 is 1.45. The van der Waals surface area contributed by atoms with Crippen LogP contribution >= 0.6 is 11.3 Å². The number of carbonyl (C=O) groups excluding carboxylic acids is 1. The van der Waals surface area contributed by atoms with Crippen molar-refractivity contribution in [2.24, 2.45) is 0 Å². The van der Waals surface area contributed by atoms with Crippen LogP contribution in [0.1, 0.15) is 11.1 Å². The van der Waals surface area contributed by atoms with Crippen molar-refractivity contribution in [3.63, 3.8) is 0 Å². The largest absolute Gasteiger partial charge is 0.497 e. The fraction of sp³-hybridized carbons (Fsp3) is 0.0741. The molecule has 1 N–H and O–H groups in total. The SMILES string of the molecule is COc1ccc(/C=C(/C(=O)Nc2nc3scc(-c4cccc(OC)c4)n3n2)c2ccccc2)cc1. The normalized spacial score (nSPS) is 11.4. The maximum Gasteiger partial charge on any atom is 0.258 e. The van der Waals surface area contributed by atoms with Crippen LogP contribution < -0.4 is 14.8 Å². The van der Waals surface area contributed by atoms with Gasteiger partial charge >= 0.3 is 0 Å². The Morgan fingerprint density at radius 3 is 2.46 bits per heavy atom. The Hall–Kier alpha value is -4.43. The number of carbonyl (C=O) groups is 1. The van der Waals surface area contributed by atoms with Crippen molar-refractivity contribution in [1.29, 1.82) is 0 Å². The van der Waals surface area contributed by atoms with Crippen LogP contribution in [0.3, 0.4) is 0 Å². The molecular formula is C27H22N4O3S. The van der Waals surface area contributed by atoms with Crippen LogP contribution in [0.15, 0.2) is 84.2 Å². The minimum atomic E-state index is -0.298. The lowest BCUT2D eigenvalue weighted by Crippen LogP contribution is -2.15. The van der Waals surface area contributed by atoms with Crippen LogP contribution in [-0.2, 0) is 4.79 Å². The van der Waals surface area contributed by atoms with Gasteiger partial charge in [0.25, 0.3) is 11.9 Å². The zero-order chi connectivity index (χ0) is 24.2. The zero-order valence-corrected chi connectivity index (χ0v) is 20.0. The molecule has 0 aliphatic heterocycles. The van der Waals surface area contributed by atoms with Gasteiger partial charge in [-0.1, -0.05) is 54.6 Å². The molecule has 3 aromatic carbocycles. The molecule has 2 heterocycles. The lowest BCUT2D eigenvalue weighted by Gasteiger charge is -2.08. The summed E-state index contributed by atoms with van der Waals surface area (Å²) in [6.45, 7) is 0. The van der Waals surface area contributed by atoms with Crippen LogP contribution in [0.2, 0.25) is 0 Å². The molecule has 0 saturated carbocycles. The number of nitrogens with zero attached hydrogens (tertiary/aromatic N) is 3. The number of nitrogens with one attached hydrogen (secondary N) is 1. The van der Waals surface area contributed by atoms with E-state index in [1.807, 2.05) is 90.3 Å². The molecule has 0 saturated heterocycles. The van der Waals surface area contributed by atoms with Gasteiger partial charge in [-0.2, -0.15) is 4.98 Å². The minimum absolute atomic E-state index is 0.238. The minimum Gasteiger partial charge on any atom is -0.497 e. The van der Waals surface area contributed by atoms with E-state index in [2.05, 4.69) is 15.4 Å². The first-order valence-electron chi connectivity index (χ1n) is 10.9. The molecule has 0 fully saturated rings. The highest BCUT2D eigenvalue weighted by molar-refractivity contribution is 7.15. The van der Waals surface area contributed by atoms with Gasteiger partial charge in [0, 0.05) is 16.5 Å². The standard InChI is InChI=1S/C27H22N4O3S/c1-33-21-13-11-18(12-14-21)15-23(19-7-4-3-5-8-19)25(32)28-26-29-27-31(30-26)24(17-35-27)20-9-6-10-22(16-20)34-2/h3-17H,1-2H3,(H,28,30,32)/b23-15+. The molecule has 5 rings (SSSR count). The monoisotopic (exact) mass is 482 g/mol. The summed E-state index contributed by atoms with van der Waals surface area (Å²) in [7, 11) is 3.26. The van der Waals surface area contributed by atoms with E-state index in [0.717, 1.165) is 33.9 Å². The van der Waals surface area contributed by atoms with E-state index in [1.165, 1.54) is 11.3 Å². The third-order valence-corrected chi connectivity index (χ3v) is 6.24. The Balaban J connectivity index is 1.46. The summed E-state index contributed by atoms with van der Waals surface area (Å²) in [5.41, 5.74) is 3.98. The molecule has 0 unspecified atom stereocenters. The molecular weight excluding hydrogens is 460 g/mol. The number of thiazole rings is 1. The first-order valence-corrected chi connectivity index (χ1v) is 11.7. The van der Waals surface area contributed by atoms with Crippen LogP contribution in [0, 0.1) is 0 Å². The van der Waals surface area contributed by atoms with E-state index in [0.29, 0.717) is 10.5 Å². The molecule has 0 radical (unpaired) electrons. The van der Waals surface area contributed by atoms with E-state index >= 15 is 0 Å². The second kappa shape index (κ2) is 9.82. The van der Waals surface area contributed by atoms with Crippen molar-refractivity contribution in [3.8, 4) is 22.8 Å². The molecule has 1 amide bonds. The fourth-order valence-electron chi connectivity index (χ4n) is 3.65. The number of benzene rings is 3. The van der Waals surface area contributed by atoms with Gasteiger partial charge < -0.3 is 9.47 Å². The number of hydrogen-bond acceptors (Lipinski definition) is 6. The number of rotatable bonds is 7. The lowest BCUT2D eigenvalue weighted by molar-refractivity contribution is -0.111. The van der Waals surface area contributed by atoms with Crippen molar-refractivity contribution in [2.75, 3.05) is 19.5 Å². The van der Waals surface area contributed by atoms with Crippen LogP contribution in [-0.4, -0.2) is 34.7 Å². The molecule has 7 nitrogen and oxygen atoms in total. The summed E-state index contributed by atoms with van der Waals surface area (Å²) in [6.07, 6.45) is 1.84. The highest BCUT2D eigenvalue weighted by Gasteiger charge is 2.17. The highest BCUT2D eigenvalue weighted by atomic mass is 32.1. The second-order valence-electron chi connectivity index (χ2n) is 7.63. The molecule has 0 bridgehead atoms. The number of ether oxygens (including phenoxy) is 2. The highest BCUT2D eigenvalue weighted by Crippen LogP contribution is 2.29. The first kappa shape index (κ1) is 22.4. The average Bonchev–Trinajstić information content (AvgIpc) is 3.48. The third kappa shape index (κ3) is 4.78. The molecule has 35 heavy (non-hydrogen) atoms. The Morgan fingerprint density at radius 1 is 0.943 bits per heavy atom. The molecule has 8 heteroatoms. The molecule has 0 spiro atoms. The van der Waals surface area contributed by atoms with Crippen molar-refractivity contribution in [2.45, 2.75) is 0 Å². The van der Waals surface area contributed by atoms with Crippen molar-refractivity contribution in [1.82, 2.24) is 14.6 Å². The molecule has 0 atom stereocenters. The van der Waals surface area contributed by atoms with Crippen LogP contribution in [0.4, 0.5) is 5.95 Å². The molecule has 0 aliphatic carbocycles. The average molecular weight is 483 g/mol. The topological polar surface area (TPSA) is 77.8 Å². The predicted octanol–water partition coefficient (Wildman–Crippen LogP) is 5.65. The maximum atomic E-state index is 13.4. The Labute approximate surface area is 206 Å². The van der Waals surface area contributed by atoms with E-state index in [4.69, 9.17) is 9.47 Å². The Bertz CT molecular complexity index is 1500. The summed E-state index contributed by atoms with van der Waals surface area (Å²) in [5, 5.41) is 9.40. The smallest absolute Gasteiger partial charge is 0.258 e. The van der Waals surface area contributed by atoms with Crippen molar-refractivity contribution >= 4 is 39.8 Å². The number of anilines is 1. The Morgan fingerprint density at radius 2 is 1.71 bits per heavy atom. The molecule has 5 aromatic rings. The zero-order valence-electron chi connectivity index (χ0n) is 19.1. The van der Waals surface area contributed by atoms with E-state index in [-0.39, 0.29) is 11.9 Å². The number of aromatic nitrogens is 3. The van der Waals surface area contributed by atoms with Crippen molar-refractivity contribution < 1.29 is 14.3 Å². The van der Waals surface area contributed by atoms with Gasteiger partial charge in [0.05, 0.1) is 19.9 Å². The number of amides is 1. The van der Waals surface area contributed by atoms with Crippen LogP contribution in [0.25, 0.3) is 27.9 Å². The van der Waals surface area contributed by atoms with Gasteiger partial charge in [0.1, 0.15) is 11.5 Å². The Kier molecular flexibility index (Phi) is 6.28. The first-order chi connectivity index (χ1) is 17.1. The fourth-order valence-corrected chi connectivity index (χ4v) is 4.48. The molecule has 2 aromatic heterocycles. The third-order valence-electron chi connectivity index (χ3n) is 5.43. The van der Waals surface area contributed by atoms with Gasteiger partial charge in [-0.3, -0.25) is 10.1 Å². The van der Waals surface area contributed by atoms with Crippen molar-refractivity contribution in [3.05, 3.63) is 95.4 Å². The summed E-state index contributed by atoms with van der Waals surface area (Å²) in [4.78, 5) is 18.6. The molecule has 174 valence electrons. The molecule has 0 aliphatic rings.